The number of aliphatic hydroxyl groups excluding tert-OH is 4. The van der Waals surface area contributed by atoms with Crippen molar-refractivity contribution in [3.8, 4) is 34.1 Å². The van der Waals surface area contributed by atoms with E-state index in [4.69, 9.17) is 23.7 Å². The van der Waals surface area contributed by atoms with E-state index in [9.17, 15) is 20.4 Å². The van der Waals surface area contributed by atoms with E-state index in [0.29, 0.717) is 17.2 Å². The van der Waals surface area contributed by atoms with Crippen molar-refractivity contribution < 1.29 is 44.1 Å². The van der Waals surface area contributed by atoms with E-state index in [1.807, 2.05) is 12.1 Å². The van der Waals surface area contributed by atoms with Crippen LogP contribution in [0.5, 0.6) is 23.0 Å². The summed E-state index contributed by atoms with van der Waals surface area (Å²) in [6.45, 7) is 0.563. The highest BCUT2D eigenvalue weighted by molar-refractivity contribution is 5.85. The van der Waals surface area contributed by atoms with Crippen LogP contribution in [0.1, 0.15) is 22.7 Å². The highest BCUT2D eigenvalue weighted by Crippen LogP contribution is 2.55. The Morgan fingerprint density at radius 3 is 2.63 bits per heavy atom. The molecule has 3 heterocycles. The molecule has 6 rings (SSSR count). The van der Waals surface area contributed by atoms with Gasteiger partial charge in [-0.3, -0.25) is 4.90 Å². The number of ether oxygens (including phenoxy) is 5. The molecule has 10 heteroatoms. The van der Waals surface area contributed by atoms with Crippen LogP contribution in [0.15, 0.2) is 18.2 Å². The van der Waals surface area contributed by atoms with Gasteiger partial charge < -0.3 is 44.1 Å². The second-order valence-electron chi connectivity index (χ2n) is 9.48. The molecule has 0 spiro atoms. The molecule has 0 saturated carbocycles. The number of hydrogen-bond acceptors (Lipinski definition) is 10. The summed E-state index contributed by atoms with van der Waals surface area (Å²) in [5.74, 6) is 2.16. The molecular formula is C25H29NO9. The molecule has 0 amide bonds. The highest BCUT2D eigenvalue weighted by Gasteiger charge is 2.45. The fraction of sp³-hybridized carbons (Fsp3) is 0.520. The number of likely N-dealkylation sites (N-methyl/N-ethyl adjacent to an activating group) is 1. The summed E-state index contributed by atoms with van der Waals surface area (Å²) in [5, 5.41) is 40.3. The Balaban J connectivity index is 1.45. The molecule has 0 unspecified atom stereocenters. The molecule has 4 aliphatic rings. The number of rotatable bonds is 4. The summed E-state index contributed by atoms with van der Waals surface area (Å²) in [5.41, 5.74) is 5.40. The lowest BCUT2D eigenvalue weighted by atomic mass is 9.76. The Hall–Kier alpha value is -2.60. The fourth-order valence-electron chi connectivity index (χ4n) is 5.65. The Kier molecular flexibility index (Phi) is 5.55. The molecule has 1 fully saturated rings. The van der Waals surface area contributed by atoms with E-state index in [0.717, 1.165) is 41.8 Å². The van der Waals surface area contributed by atoms with Gasteiger partial charge in [-0.15, -0.1) is 0 Å². The Bertz CT molecular complexity index is 1150. The van der Waals surface area contributed by atoms with Gasteiger partial charge in [-0.1, -0.05) is 0 Å². The van der Waals surface area contributed by atoms with Crippen molar-refractivity contribution in [3.63, 3.8) is 0 Å². The minimum atomic E-state index is -1.54. The first kappa shape index (κ1) is 22.8. The third kappa shape index (κ3) is 3.47. The van der Waals surface area contributed by atoms with Gasteiger partial charge in [0.1, 0.15) is 24.4 Å². The Morgan fingerprint density at radius 1 is 1.03 bits per heavy atom. The van der Waals surface area contributed by atoms with E-state index in [1.165, 1.54) is 18.2 Å². The SMILES string of the molecule is COc1cc2c(cc1O[C@@H]1O[C@H](CO)[C@@H](O)[C@H](O)[C@H]1O)-c1c3c(cc4c1[C@@H](C2)N(C)CC4)OCO3. The zero-order chi connectivity index (χ0) is 24.4. The van der Waals surface area contributed by atoms with Crippen molar-refractivity contribution in [1.82, 2.24) is 4.90 Å². The fourth-order valence-corrected chi connectivity index (χ4v) is 5.65. The average Bonchev–Trinajstić information content (AvgIpc) is 3.34. The maximum atomic E-state index is 10.5. The van der Waals surface area contributed by atoms with Crippen molar-refractivity contribution in [2.45, 2.75) is 49.6 Å². The molecule has 0 bridgehead atoms. The predicted molar refractivity (Wildman–Crippen MR) is 122 cm³/mol. The van der Waals surface area contributed by atoms with E-state index < -0.39 is 37.3 Å². The topological polar surface area (TPSA) is 130 Å². The second-order valence-corrected chi connectivity index (χ2v) is 9.48. The first-order valence-electron chi connectivity index (χ1n) is 11.7. The smallest absolute Gasteiger partial charge is 0.231 e. The highest BCUT2D eigenvalue weighted by atomic mass is 16.7. The van der Waals surface area contributed by atoms with Crippen molar-refractivity contribution >= 4 is 0 Å². The van der Waals surface area contributed by atoms with E-state index in [1.54, 1.807) is 0 Å². The number of hydrogen-bond donors (Lipinski definition) is 4. The number of nitrogens with zero attached hydrogens (tertiary/aromatic N) is 1. The van der Waals surface area contributed by atoms with E-state index in [-0.39, 0.29) is 12.8 Å². The third-order valence-electron chi connectivity index (χ3n) is 7.55. The van der Waals surface area contributed by atoms with Crippen molar-refractivity contribution in [3.05, 3.63) is 34.9 Å². The maximum absolute atomic E-state index is 10.5. The van der Waals surface area contributed by atoms with Gasteiger partial charge in [0.15, 0.2) is 23.0 Å². The quantitative estimate of drug-likeness (QED) is 0.479. The van der Waals surface area contributed by atoms with Gasteiger partial charge in [0.05, 0.1) is 13.7 Å². The molecule has 0 radical (unpaired) electrons. The van der Waals surface area contributed by atoms with Crippen LogP contribution in [0.25, 0.3) is 11.1 Å². The average molecular weight is 488 g/mol. The van der Waals surface area contributed by atoms with Crippen LogP contribution in [0.4, 0.5) is 0 Å². The lowest BCUT2D eigenvalue weighted by Gasteiger charge is -2.41. The Morgan fingerprint density at radius 2 is 1.86 bits per heavy atom. The minimum Gasteiger partial charge on any atom is -0.493 e. The van der Waals surface area contributed by atoms with Crippen LogP contribution in [-0.2, 0) is 17.6 Å². The van der Waals surface area contributed by atoms with Gasteiger partial charge in [-0.25, -0.2) is 0 Å². The molecule has 6 atom stereocenters. The van der Waals surface area contributed by atoms with Gasteiger partial charge in [0, 0.05) is 18.2 Å². The number of fused-ring (bicyclic) bond motifs is 4. The summed E-state index contributed by atoms with van der Waals surface area (Å²) >= 11 is 0. The molecule has 4 N–H and O–H groups in total. The summed E-state index contributed by atoms with van der Waals surface area (Å²) in [6.07, 6.45) is -5.25. The van der Waals surface area contributed by atoms with Gasteiger partial charge >= 0.3 is 0 Å². The summed E-state index contributed by atoms with van der Waals surface area (Å²) < 4.78 is 28.8. The standard InChI is InChI=1S/C25H29NO9/c1-26-4-3-11-6-17-24(33-10-32-17)20-13-8-16(15(31-2)7-12(13)5-14(26)19(11)20)34-25-23(30)22(29)21(28)18(9-27)35-25/h6-8,14,18,21-23,25,27-30H,3-5,9-10H2,1-2H3/t14-,18-,21-,22+,23-,25-/m1/s1. The van der Waals surface area contributed by atoms with Crippen LogP contribution < -0.4 is 18.9 Å². The molecule has 0 aromatic heterocycles. The zero-order valence-corrected chi connectivity index (χ0v) is 19.5. The van der Waals surface area contributed by atoms with Crippen LogP contribution in [-0.4, -0.2) is 90.1 Å². The normalized spacial score (nSPS) is 31.0. The number of aliphatic hydroxyl groups is 4. The molecule has 35 heavy (non-hydrogen) atoms. The van der Waals surface area contributed by atoms with Crippen LogP contribution in [0.3, 0.4) is 0 Å². The molecule has 188 valence electrons. The molecule has 10 nitrogen and oxygen atoms in total. The summed E-state index contributed by atoms with van der Waals surface area (Å²) in [6, 6.07) is 6.02. The van der Waals surface area contributed by atoms with Crippen LogP contribution in [0.2, 0.25) is 0 Å². The number of methoxy groups -OCH3 is 1. The van der Waals surface area contributed by atoms with Gasteiger partial charge in [0.2, 0.25) is 13.1 Å². The second kappa shape index (κ2) is 8.51. The predicted octanol–water partition coefficient (Wildman–Crippen LogP) is 0.355. The van der Waals surface area contributed by atoms with Crippen molar-refractivity contribution in [1.29, 1.82) is 0 Å². The molecule has 1 aliphatic carbocycles. The van der Waals surface area contributed by atoms with Crippen molar-refractivity contribution in [2.75, 3.05) is 34.1 Å². The zero-order valence-electron chi connectivity index (χ0n) is 19.5. The molecule has 2 aromatic carbocycles. The lowest BCUT2D eigenvalue weighted by Crippen LogP contribution is -2.60. The molecule has 1 saturated heterocycles. The first-order chi connectivity index (χ1) is 16.9. The largest absolute Gasteiger partial charge is 0.493 e. The number of benzene rings is 2. The van der Waals surface area contributed by atoms with E-state index in [2.05, 4.69) is 18.0 Å². The van der Waals surface area contributed by atoms with Crippen LogP contribution >= 0.6 is 0 Å². The molecule has 3 aliphatic heterocycles. The summed E-state index contributed by atoms with van der Waals surface area (Å²) in [7, 11) is 3.65. The molecular weight excluding hydrogens is 458 g/mol. The van der Waals surface area contributed by atoms with Gasteiger partial charge in [0.25, 0.3) is 0 Å². The van der Waals surface area contributed by atoms with E-state index >= 15 is 0 Å². The first-order valence-corrected chi connectivity index (χ1v) is 11.7. The molecule has 2 aromatic rings. The Labute approximate surface area is 202 Å². The van der Waals surface area contributed by atoms with Gasteiger partial charge in [-0.2, -0.15) is 0 Å². The minimum absolute atomic E-state index is 0.158. The monoisotopic (exact) mass is 487 g/mol. The van der Waals surface area contributed by atoms with Crippen LogP contribution in [0, 0.1) is 0 Å². The van der Waals surface area contributed by atoms with Crippen molar-refractivity contribution in [2.24, 2.45) is 0 Å². The third-order valence-corrected chi connectivity index (χ3v) is 7.55. The lowest BCUT2D eigenvalue weighted by molar-refractivity contribution is -0.277. The maximum Gasteiger partial charge on any atom is 0.231 e. The van der Waals surface area contributed by atoms with Gasteiger partial charge in [-0.05, 0) is 60.3 Å². The summed E-state index contributed by atoms with van der Waals surface area (Å²) in [4.78, 5) is 2.35.